The molecule has 0 aliphatic rings. The van der Waals surface area contributed by atoms with E-state index in [1.807, 2.05) is 30.3 Å². The molecule has 0 aliphatic heterocycles. The van der Waals surface area contributed by atoms with Crippen molar-refractivity contribution in [2.75, 3.05) is 6.61 Å². The fraction of sp³-hybridized carbons (Fsp3) is 0.429. The maximum absolute atomic E-state index is 11.6. The van der Waals surface area contributed by atoms with Crippen LogP contribution in [-0.2, 0) is 20.7 Å². The Balaban J connectivity index is 2.65. The van der Waals surface area contributed by atoms with E-state index in [0.717, 1.165) is 11.8 Å². The molecule has 1 aromatic carbocycles. The Kier molecular flexibility index (Phi) is 5.40. The third-order valence-corrected chi connectivity index (χ3v) is 2.79. The molecule has 0 bridgehead atoms. The van der Waals surface area contributed by atoms with Gasteiger partial charge in [-0.3, -0.25) is 4.79 Å². The van der Waals surface area contributed by atoms with Crippen LogP contribution in [-0.4, -0.2) is 18.9 Å². The lowest BCUT2D eigenvalue weighted by Gasteiger charge is -2.17. The SMILES string of the molecule is CCOC(=O)[C@@H](C)[C@@H](C=O)Cc1ccccc1. The Hall–Kier alpha value is -1.64. The van der Waals surface area contributed by atoms with Crippen LogP contribution >= 0.6 is 0 Å². The van der Waals surface area contributed by atoms with Crippen molar-refractivity contribution < 1.29 is 14.3 Å². The Morgan fingerprint density at radius 3 is 2.53 bits per heavy atom. The van der Waals surface area contributed by atoms with Crippen LogP contribution in [0.25, 0.3) is 0 Å². The van der Waals surface area contributed by atoms with Crippen molar-refractivity contribution in [2.24, 2.45) is 11.8 Å². The number of esters is 1. The van der Waals surface area contributed by atoms with Gasteiger partial charge in [-0.05, 0) is 18.9 Å². The van der Waals surface area contributed by atoms with Crippen LogP contribution in [0.4, 0.5) is 0 Å². The molecule has 0 aromatic heterocycles. The molecule has 3 heteroatoms. The minimum absolute atomic E-state index is 0.305. The van der Waals surface area contributed by atoms with E-state index in [1.54, 1.807) is 13.8 Å². The molecular formula is C14H18O3. The van der Waals surface area contributed by atoms with Crippen LogP contribution in [0.2, 0.25) is 0 Å². The number of carbonyl (C=O) groups excluding carboxylic acids is 2. The molecule has 0 spiro atoms. The van der Waals surface area contributed by atoms with E-state index in [4.69, 9.17) is 4.74 Å². The van der Waals surface area contributed by atoms with Crippen molar-refractivity contribution in [3.63, 3.8) is 0 Å². The number of benzene rings is 1. The largest absolute Gasteiger partial charge is 0.466 e. The highest BCUT2D eigenvalue weighted by Gasteiger charge is 2.24. The van der Waals surface area contributed by atoms with E-state index in [1.165, 1.54) is 0 Å². The van der Waals surface area contributed by atoms with Crippen molar-refractivity contribution in [1.29, 1.82) is 0 Å². The minimum atomic E-state index is -0.396. The van der Waals surface area contributed by atoms with Gasteiger partial charge in [0.15, 0.2) is 0 Å². The molecule has 2 atom stereocenters. The van der Waals surface area contributed by atoms with Gasteiger partial charge < -0.3 is 9.53 Å². The fourth-order valence-corrected chi connectivity index (χ4v) is 1.68. The second-order valence-electron chi connectivity index (χ2n) is 4.03. The molecular weight excluding hydrogens is 216 g/mol. The van der Waals surface area contributed by atoms with Crippen LogP contribution < -0.4 is 0 Å². The highest BCUT2D eigenvalue weighted by Crippen LogP contribution is 2.17. The minimum Gasteiger partial charge on any atom is -0.466 e. The average Bonchev–Trinajstić information content (AvgIpc) is 2.36. The van der Waals surface area contributed by atoms with Crippen molar-refractivity contribution in [2.45, 2.75) is 20.3 Å². The smallest absolute Gasteiger partial charge is 0.309 e. The summed E-state index contributed by atoms with van der Waals surface area (Å²) >= 11 is 0. The predicted molar refractivity (Wildman–Crippen MR) is 65.5 cm³/mol. The van der Waals surface area contributed by atoms with Crippen LogP contribution in [0.1, 0.15) is 19.4 Å². The summed E-state index contributed by atoms with van der Waals surface area (Å²) < 4.78 is 4.93. The maximum atomic E-state index is 11.6. The first-order chi connectivity index (χ1) is 8.19. The number of hydrogen-bond acceptors (Lipinski definition) is 3. The summed E-state index contributed by atoms with van der Waals surface area (Å²) in [5, 5.41) is 0. The van der Waals surface area contributed by atoms with Gasteiger partial charge in [0, 0.05) is 5.92 Å². The second-order valence-corrected chi connectivity index (χ2v) is 4.03. The summed E-state index contributed by atoms with van der Waals surface area (Å²) in [7, 11) is 0. The lowest BCUT2D eigenvalue weighted by atomic mass is 9.89. The quantitative estimate of drug-likeness (QED) is 0.560. The number of ether oxygens (including phenoxy) is 1. The summed E-state index contributed by atoms with van der Waals surface area (Å²) in [6.45, 7) is 3.85. The van der Waals surface area contributed by atoms with Crippen LogP contribution in [0.15, 0.2) is 30.3 Å². The van der Waals surface area contributed by atoms with Crippen LogP contribution in [0.3, 0.4) is 0 Å². The molecule has 0 saturated carbocycles. The predicted octanol–water partition coefficient (Wildman–Crippen LogP) is 2.24. The third kappa shape index (κ3) is 4.02. The Morgan fingerprint density at radius 1 is 1.35 bits per heavy atom. The lowest BCUT2D eigenvalue weighted by Crippen LogP contribution is -2.26. The van der Waals surface area contributed by atoms with Crippen molar-refractivity contribution in [3.8, 4) is 0 Å². The van der Waals surface area contributed by atoms with Gasteiger partial charge in [-0.1, -0.05) is 37.3 Å². The van der Waals surface area contributed by atoms with Gasteiger partial charge in [0.1, 0.15) is 6.29 Å². The molecule has 0 amide bonds. The standard InChI is InChI=1S/C14H18O3/c1-3-17-14(16)11(2)13(10-15)9-12-7-5-4-6-8-12/h4-8,10-11,13H,3,9H2,1-2H3/t11-,13+/m0/s1. The summed E-state index contributed by atoms with van der Waals surface area (Å²) in [5.41, 5.74) is 1.06. The molecule has 0 radical (unpaired) electrons. The van der Waals surface area contributed by atoms with Crippen LogP contribution in [0.5, 0.6) is 0 Å². The van der Waals surface area contributed by atoms with Gasteiger partial charge in [0.25, 0.3) is 0 Å². The lowest BCUT2D eigenvalue weighted by molar-refractivity contribution is -0.150. The Morgan fingerprint density at radius 2 is 2.00 bits per heavy atom. The van der Waals surface area contributed by atoms with Gasteiger partial charge in [0.2, 0.25) is 0 Å². The molecule has 0 aliphatic carbocycles. The molecule has 0 heterocycles. The second kappa shape index (κ2) is 6.84. The normalized spacial score (nSPS) is 13.8. The first-order valence-electron chi connectivity index (χ1n) is 5.84. The van der Waals surface area contributed by atoms with Gasteiger partial charge in [0.05, 0.1) is 12.5 Å². The third-order valence-electron chi connectivity index (χ3n) is 2.79. The zero-order chi connectivity index (χ0) is 12.7. The van der Waals surface area contributed by atoms with E-state index in [2.05, 4.69) is 0 Å². The molecule has 0 unspecified atom stereocenters. The van der Waals surface area contributed by atoms with Crippen molar-refractivity contribution in [1.82, 2.24) is 0 Å². The van der Waals surface area contributed by atoms with Crippen molar-refractivity contribution >= 4 is 12.3 Å². The molecule has 0 N–H and O–H groups in total. The topological polar surface area (TPSA) is 43.4 Å². The molecule has 17 heavy (non-hydrogen) atoms. The fourth-order valence-electron chi connectivity index (χ4n) is 1.68. The highest BCUT2D eigenvalue weighted by atomic mass is 16.5. The van der Waals surface area contributed by atoms with Crippen molar-refractivity contribution in [3.05, 3.63) is 35.9 Å². The van der Waals surface area contributed by atoms with E-state index in [-0.39, 0.29) is 11.9 Å². The molecule has 0 saturated heterocycles. The molecule has 1 aromatic rings. The Labute approximate surface area is 102 Å². The van der Waals surface area contributed by atoms with Crippen LogP contribution in [0, 0.1) is 11.8 Å². The Bertz CT molecular complexity index is 359. The van der Waals surface area contributed by atoms with Gasteiger partial charge in [-0.2, -0.15) is 0 Å². The summed E-state index contributed by atoms with van der Waals surface area (Å²) in [6, 6.07) is 9.68. The highest BCUT2D eigenvalue weighted by molar-refractivity contribution is 5.76. The van der Waals surface area contributed by atoms with E-state index in [0.29, 0.717) is 13.0 Å². The summed E-state index contributed by atoms with van der Waals surface area (Å²) in [4.78, 5) is 22.6. The first kappa shape index (κ1) is 13.4. The number of carbonyl (C=O) groups is 2. The number of aldehydes is 1. The molecule has 92 valence electrons. The van der Waals surface area contributed by atoms with Gasteiger partial charge >= 0.3 is 5.97 Å². The molecule has 3 nitrogen and oxygen atoms in total. The summed E-state index contributed by atoms with van der Waals surface area (Å²) in [6.07, 6.45) is 1.42. The zero-order valence-corrected chi connectivity index (χ0v) is 10.3. The van der Waals surface area contributed by atoms with Gasteiger partial charge in [-0.25, -0.2) is 0 Å². The zero-order valence-electron chi connectivity index (χ0n) is 10.3. The summed E-state index contributed by atoms with van der Waals surface area (Å²) in [5.74, 6) is -1.02. The molecule has 0 fully saturated rings. The average molecular weight is 234 g/mol. The maximum Gasteiger partial charge on any atom is 0.309 e. The number of rotatable bonds is 6. The monoisotopic (exact) mass is 234 g/mol. The van der Waals surface area contributed by atoms with Gasteiger partial charge in [-0.15, -0.1) is 0 Å². The van der Waals surface area contributed by atoms with E-state index in [9.17, 15) is 9.59 Å². The van der Waals surface area contributed by atoms with E-state index >= 15 is 0 Å². The van der Waals surface area contributed by atoms with E-state index < -0.39 is 5.92 Å². The number of hydrogen-bond donors (Lipinski definition) is 0. The molecule has 1 rings (SSSR count). The first-order valence-corrected chi connectivity index (χ1v) is 5.84.